The van der Waals surface area contributed by atoms with Crippen molar-refractivity contribution in [2.24, 2.45) is 17.8 Å². The number of hydroxylamine groups is 2. The minimum atomic E-state index is -0.370. The molecular weight excluding hydrogens is 276 g/mol. The van der Waals surface area contributed by atoms with E-state index in [1.54, 1.807) is 0 Å². The molecule has 1 heterocycles. The zero-order chi connectivity index (χ0) is 16.7. The van der Waals surface area contributed by atoms with Crippen molar-refractivity contribution in [3.8, 4) is 0 Å². The fourth-order valence-electron chi connectivity index (χ4n) is 4.31. The third-order valence-corrected chi connectivity index (χ3v) is 5.59. The molecule has 0 aromatic heterocycles. The lowest BCUT2D eigenvalue weighted by atomic mass is 9.73. The number of nitrogens with zero attached hydrogens (tertiary/aromatic N) is 1. The summed E-state index contributed by atoms with van der Waals surface area (Å²) in [6.07, 6.45) is 1.77. The third kappa shape index (κ3) is 3.50. The predicted octanol–water partition coefficient (Wildman–Crippen LogP) is 2.81. The van der Waals surface area contributed by atoms with Crippen LogP contribution in [0.2, 0.25) is 0 Å². The maximum absolute atomic E-state index is 10.9. The van der Waals surface area contributed by atoms with Crippen LogP contribution in [0.5, 0.6) is 0 Å². The lowest BCUT2D eigenvalue weighted by Crippen LogP contribution is -2.69. The van der Waals surface area contributed by atoms with E-state index in [1.165, 1.54) is 0 Å². The minimum Gasteiger partial charge on any atom is -0.390 e. The summed E-state index contributed by atoms with van der Waals surface area (Å²) in [6, 6.07) is 0. The number of aliphatic hydroxyl groups is 1. The minimum absolute atomic E-state index is 0.0774. The second-order valence-electron chi connectivity index (χ2n) is 9.05. The van der Waals surface area contributed by atoms with Crippen LogP contribution in [0.1, 0.15) is 61.3 Å². The zero-order valence-corrected chi connectivity index (χ0v) is 15.5. The number of aliphatic hydroxyl groups excluding tert-OH is 1. The molecule has 4 nitrogen and oxygen atoms in total. The van der Waals surface area contributed by atoms with Crippen molar-refractivity contribution < 1.29 is 9.94 Å². The highest BCUT2D eigenvalue weighted by molar-refractivity contribution is 4.97. The second-order valence-corrected chi connectivity index (χ2v) is 9.05. The number of rotatable bonds is 3. The van der Waals surface area contributed by atoms with Crippen molar-refractivity contribution in [2.45, 2.75) is 84.6 Å². The van der Waals surface area contributed by atoms with Gasteiger partial charge in [-0.2, -0.15) is 5.06 Å². The van der Waals surface area contributed by atoms with Gasteiger partial charge in [0.1, 0.15) is 6.10 Å². The van der Waals surface area contributed by atoms with Gasteiger partial charge in [0, 0.05) is 13.1 Å². The van der Waals surface area contributed by atoms with E-state index < -0.39 is 0 Å². The van der Waals surface area contributed by atoms with Gasteiger partial charge in [-0.05, 0) is 58.3 Å². The molecule has 0 spiro atoms. The van der Waals surface area contributed by atoms with E-state index in [-0.39, 0.29) is 23.3 Å². The van der Waals surface area contributed by atoms with Crippen molar-refractivity contribution >= 4 is 0 Å². The first-order valence-corrected chi connectivity index (χ1v) is 8.92. The zero-order valence-electron chi connectivity index (χ0n) is 15.5. The Bertz CT molecular complexity index is 365. The molecule has 0 amide bonds. The molecule has 4 heteroatoms. The molecule has 2 aliphatic rings. The molecule has 0 aromatic carbocycles. The number of hydrogen-bond donors (Lipinski definition) is 2. The van der Waals surface area contributed by atoms with Crippen LogP contribution in [0.15, 0.2) is 0 Å². The third-order valence-electron chi connectivity index (χ3n) is 5.59. The first kappa shape index (κ1) is 18.2. The Kier molecular flexibility index (Phi) is 5.28. The summed E-state index contributed by atoms with van der Waals surface area (Å²) < 4.78 is 0. The number of piperazine rings is 1. The van der Waals surface area contributed by atoms with Gasteiger partial charge in [-0.25, -0.2) is 0 Å². The monoisotopic (exact) mass is 312 g/mol. The molecule has 2 fully saturated rings. The van der Waals surface area contributed by atoms with E-state index in [1.807, 2.05) is 0 Å². The Labute approximate surface area is 136 Å². The SMILES string of the molecule is CC(C)[C@@H]1CC[C@@H](C)[C@@H](ON2C(C)(C)CNCC2(C)C)[C@H]1O. The van der Waals surface area contributed by atoms with Crippen LogP contribution in [0.25, 0.3) is 0 Å². The topological polar surface area (TPSA) is 44.7 Å². The number of hydrogen-bond acceptors (Lipinski definition) is 4. The largest absolute Gasteiger partial charge is 0.390 e. The van der Waals surface area contributed by atoms with Gasteiger partial charge in [0.15, 0.2) is 0 Å². The van der Waals surface area contributed by atoms with E-state index in [9.17, 15) is 5.11 Å². The van der Waals surface area contributed by atoms with Crippen molar-refractivity contribution in [3.05, 3.63) is 0 Å². The van der Waals surface area contributed by atoms with Gasteiger partial charge in [-0.3, -0.25) is 4.84 Å². The Morgan fingerprint density at radius 2 is 1.64 bits per heavy atom. The summed E-state index contributed by atoms with van der Waals surface area (Å²) in [5.41, 5.74) is -0.155. The molecule has 22 heavy (non-hydrogen) atoms. The normalized spacial score (nSPS) is 39.1. The van der Waals surface area contributed by atoms with Crippen LogP contribution >= 0.6 is 0 Å². The summed E-state index contributed by atoms with van der Waals surface area (Å²) in [5, 5.41) is 16.5. The van der Waals surface area contributed by atoms with Gasteiger partial charge >= 0.3 is 0 Å². The predicted molar refractivity (Wildman–Crippen MR) is 90.5 cm³/mol. The quantitative estimate of drug-likeness (QED) is 0.841. The summed E-state index contributed by atoms with van der Waals surface area (Å²) in [7, 11) is 0. The molecule has 0 radical (unpaired) electrons. The van der Waals surface area contributed by atoms with Gasteiger partial charge in [0.25, 0.3) is 0 Å². The van der Waals surface area contributed by atoms with Gasteiger partial charge in [-0.1, -0.05) is 20.8 Å². The van der Waals surface area contributed by atoms with Crippen LogP contribution in [0.3, 0.4) is 0 Å². The molecule has 1 aliphatic heterocycles. The molecule has 130 valence electrons. The molecule has 1 aliphatic carbocycles. The smallest absolute Gasteiger partial charge is 0.108 e. The van der Waals surface area contributed by atoms with Gasteiger partial charge in [0.05, 0.1) is 17.2 Å². The first-order valence-electron chi connectivity index (χ1n) is 8.92. The molecule has 0 bridgehead atoms. The Hall–Kier alpha value is -0.160. The summed E-state index contributed by atoms with van der Waals surface area (Å²) in [6.45, 7) is 17.3. The fraction of sp³-hybridized carbons (Fsp3) is 1.00. The van der Waals surface area contributed by atoms with E-state index >= 15 is 0 Å². The van der Waals surface area contributed by atoms with E-state index in [0.29, 0.717) is 17.8 Å². The van der Waals surface area contributed by atoms with Crippen LogP contribution in [-0.2, 0) is 4.84 Å². The maximum Gasteiger partial charge on any atom is 0.108 e. The highest BCUT2D eigenvalue weighted by Gasteiger charge is 2.47. The first-order chi connectivity index (χ1) is 10.1. The van der Waals surface area contributed by atoms with Crippen LogP contribution in [0.4, 0.5) is 0 Å². The van der Waals surface area contributed by atoms with Crippen LogP contribution < -0.4 is 5.32 Å². The van der Waals surface area contributed by atoms with Crippen molar-refractivity contribution in [3.63, 3.8) is 0 Å². The lowest BCUT2D eigenvalue weighted by molar-refractivity contribution is -0.328. The summed E-state index contributed by atoms with van der Waals surface area (Å²) in [5.74, 6) is 1.24. The molecule has 2 N–H and O–H groups in total. The van der Waals surface area contributed by atoms with E-state index in [0.717, 1.165) is 25.9 Å². The van der Waals surface area contributed by atoms with Crippen molar-refractivity contribution in [2.75, 3.05) is 13.1 Å². The number of nitrogens with one attached hydrogen (secondary N) is 1. The molecular formula is C18H36N2O2. The standard InChI is InChI=1S/C18H36N2O2/c1-12(2)14-9-8-13(3)16(15(14)21)22-20-17(4,5)10-19-11-18(20,6)7/h12-16,19,21H,8-11H2,1-7H3/t13-,14+,15+,16-/m1/s1. The van der Waals surface area contributed by atoms with Gasteiger partial charge < -0.3 is 10.4 Å². The lowest BCUT2D eigenvalue weighted by Gasteiger charge is -2.54. The molecule has 2 rings (SSSR count). The molecule has 1 saturated heterocycles. The molecule has 0 aromatic rings. The molecule has 0 unspecified atom stereocenters. The Balaban J connectivity index is 2.18. The van der Waals surface area contributed by atoms with E-state index in [2.05, 4.69) is 58.8 Å². The van der Waals surface area contributed by atoms with Crippen molar-refractivity contribution in [1.29, 1.82) is 0 Å². The average Bonchev–Trinajstić information content (AvgIpc) is 2.35. The Morgan fingerprint density at radius 1 is 1.09 bits per heavy atom. The fourth-order valence-corrected chi connectivity index (χ4v) is 4.31. The highest BCUT2D eigenvalue weighted by Crippen LogP contribution is 2.38. The summed E-state index contributed by atoms with van der Waals surface area (Å²) >= 11 is 0. The molecule has 1 saturated carbocycles. The van der Waals surface area contributed by atoms with E-state index in [4.69, 9.17) is 4.84 Å². The van der Waals surface area contributed by atoms with Gasteiger partial charge in [-0.15, -0.1) is 0 Å². The Morgan fingerprint density at radius 3 is 2.14 bits per heavy atom. The van der Waals surface area contributed by atoms with Gasteiger partial charge in [0.2, 0.25) is 0 Å². The maximum atomic E-state index is 10.9. The van der Waals surface area contributed by atoms with Crippen molar-refractivity contribution in [1.82, 2.24) is 10.4 Å². The highest BCUT2D eigenvalue weighted by atomic mass is 16.7. The average molecular weight is 312 g/mol. The van der Waals surface area contributed by atoms with Crippen LogP contribution in [0, 0.1) is 17.8 Å². The summed E-state index contributed by atoms with van der Waals surface area (Å²) in [4.78, 5) is 6.51. The second kappa shape index (κ2) is 6.39. The van der Waals surface area contributed by atoms with Crippen LogP contribution in [-0.4, -0.2) is 46.5 Å². The molecule has 4 atom stereocenters.